The number of thiol groups is 1. The van der Waals surface area contributed by atoms with Crippen molar-refractivity contribution in [3.05, 3.63) is 23.0 Å². The van der Waals surface area contributed by atoms with E-state index >= 15 is 0 Å². The van der Waals surface area contributed by atoms with Gasteiger partial charge in [0.1, 0.15) is 0 Å². The topological polar surface area (TPSA) is 28.7 Å². The molecule has 1 heterocycles. The van der Waals surface area contributed by atoms with E-state index in [-0.39, 0.29) is 0 Å². The van der Waals surface area contributed by atoms with Crippen molar-refractivity contribution >= 4 is 18.7 Å². The van der Waals surface area contributed by atoms with E-state index in [1.54, 1.807) is 0 Å². The van der Waals surface area contributed by atoms with Crippen LogP contribution in [0.15, 0.2) is 6.08 Å². The summed E-state index contributed by atoms with van der Waals surface area (Å²) >= 11 is 4.08. The third-order valence-electron chi connectivity index (χ3n) is 1.58. The third kappa shape index (κ3) is 1.87. The molecule has 60 valence electrons. The number of aromatic amines is 1. The molecule has 0 bridgehead atoms. The Labute approximate surface area is 72.1 Å². The van der Waals surface area contributed by atoms with Crippen molar-refractivity contribution in [2.24, 2.45) is 0 Å². The van der Waals surface area contributed by atoms with Gasteiger partial charge in [0, 0.05) is 17.0 Å². The van der Waals surface area contributed by atoms with Crippen molar-refractivity contribution in [3.63, 3.8) is 0 Å². The van der Waals surface area contributed by atoms with Gasteiger partial charge in [-0.3, -0.25) is 5.10 Å². The number of hydrogen-bond donors (Lipinski definition) is 2. The molecular formula is C8H12N2S. The third-order valence-corrected chi connectivity index (χ3v) is 1.79. The number of rotatable bonds is 2. The second-order valence-corrected chi connectivity index (χ2v) is 2.80. The average Bonchev–Trinajstić information content (AvgIpc) is 2.29. The largest absolute Gasteiger partial charge is 0.282 e. The molecule has 0 aliphatic carbocycles. The lowest BCUT2D eigenvalue weighted by molar-refractivity contribution is 1.02. The highest BCUT2D eigenvalue weighted by Gasteiger charge is 2.00. The molecule has 0 aromatic carbocycles. The monoisotopic (exact) mass is 168 g/mol. The summed E-state index contributed by atoms with van der Waals surface area (Å²) in [5, 5.41) is 6.99. The minimum absolute atomic E-state index is 0.768. The zero-order valence-electron chi connectivity index (χ0n) is 6.76. The molecule has 0 aliphatic heterocycles. The second-order valence-electron chi connectivity index (χ2n) is 2.43. The summed E-state index contributed by atoms with van der Waals surface area (Å²) in [6.07, 6.45) is 4.05. The van der Waals surface area contributed by atoms with Crippen LogP contribution in [0.25, 0.3) is 6.08 Å². The smallest absolute Gasteiger partial charge is 0.0666 e. The predicted octanol–water partition coefficient (Wildman–Crippen LogP) is 1.97. The van der Waals surface area contributed by atoms with Gasteiger partial charge in [0.2, 0.25) is 0 Å². The van der Waals surface area contributed by atoms with Gasteiger partial charge in [0.15, 0.2) is 0 Å². The summed E-state index contributed by atoms with van der Waals surface area (Å²) in [7, 11) is 0. The van der Waals surface area contributed by atoms with Gasteiger partial charge in [-0.2, -0.15) is 17.7 Å². The van der Waals surface area contributed by atoms with Gasteiger partial charge in [-0.1, -0.05) is 12.2 Å². The summed E-state index contributed by atoms with van der Waals surface area (Å²) in [6.45, 7) is 4.00. The van der Waals surface area contributed by atoms with Crippen molar-refractivity contribution in [2.75, 3.05) is 5.75 Å². The molecule has 2 nitrogen and oxygen atoms in total. The first-order chi connectivity index (χ1) is 5.25. The van der Waals surface area contributed by atoms with Gasteiger partial charge >= 0.3 is 0 Å². The molecule has 0 radical (unpaired) electrons. The van der Waals surface area contributed by atoms with Crippen LogP contribution in [0.3, 0.4) is 0 Å². The molecule has 1 aromatic rings. The molecular weight excluding hydrogens is 156 g/mol. The minimum Gasteiger partial charge on any atom is -0.282 e. The molecule has 0 unspecified atom stereocenters. The average molecular weight is 168 g/mol. The SMILES string of the molecule is Cc1n[nH]c(C)c1C=CCS. The Morgan fingerprint density at radius 1 is 1.55 bits per heavy atom. The zero-order valence-corrected chi connectivity index (χ0v) is 7.65. The standard InChI is InChI=1S/C8H12N2S/c1-6-8(4-3-5-11)7(2)10-9-6/h3-4,11H,5H2,1-2H3,(H,9,10). The van der Waals surface area contributed by atoms with Crippen LogP contribution in [0.4, 0.5) is 0 Å². The minimum atomic E-state index is 0.768. The lowest BCUT2D eigenvalue weighted by Gasteiger charge is -1.89. The fourth-order valence-electron chi connectivity index (χ4n) is 0.976. The molecule has 0 fully saturated rings. The Bertz CT molecular complexity index is 244. The maximum Gasteiger partial charge on any atom is 0.0666 e. The van der Waals surface area contributed by atoms with Crippen LogP contribution < -0.4 is 0 Å². The second kappa shape index (κ2) is 3.62. The molecule has 11 heavy (non-hydrogen) atoms. The van der Waals surface area contributed by atoms with E-state index in [2.05, 4.69) is 22.8 Å². The van der Waals surface area contributed by atoms with Crippen LogP contribution in [-0.2, 0) is 0 Å². The normalized spacial score (nSPS) is 11.2. The molecule has 0 saturated heterocycles. The number of nitrogens with one attached hydrogen (secondary N) is 1. The number of aromatic nitrogens is 2. The highest BCUT2D eigenvalue weighted by atomic mass is 32.1. The Balaban J connectivity index is 2.92. The maximum atomic E-state index is 4.08. The van der Waals surface area contributed by atoms with Gasteiger partial charge in [-0.25, -0.2) is 0 Å². The fourth-order valence-corrected chi connectivity index (χ4v) is 1.08. The van der Waals surface area contributed by atoms with E-state index in [9.17, 15) is 0 Å². The van der Waals surface area contributed by atoms with Gasteiger partial charge < -0.3 is 0 Å². The first kappa shape index (κ1) is 8.40. The van der Waals surface area contributed by atoms with Crippen molar-refractivity contribution in [2.45, 2.75) is 13.8 Å². The highest BCUT2D eigenvalue weighted by molar-refractivity contribution is 7.80. The van der Waals surface area contributed by atoms with Gasteiger partial charge in [-0.15, -0.1) is 0 Å². The van der Waals surface area contributed by atoms with Crippen LogP contribution >= 0.6 is 12.6 Å². The number of H-pyrrole nitrogens is 1. The molecule has 0 saturated carbocycles. The molecule has 1 rings (SSSR count). The molecule has 0 amide bonds. The van der Waals surface area contributed by atoms with Crippen molar-refractivity contribution < 1.29 is 0 Å². The van der Waals surface area contributed by atoms with E-state index in [1.165, 1.54) is 5.56 Å². The molecule has 1 N–H and O–H groups in total. The molecule has 0 atom stereocenters. The molecule has 3 heteroatoms. The van der Waals surface area contributed by atoms with E-state index in [4.69, 9.17) is 0 Å². The molecule has 0 spiro atoms. The Hall–Kier alpha value is -0.700. The molecule has 0 aliphatic rings. The Kier molecular flexibility index (Phi) is 2.76. The van der Waals surface area contributed by atoms with Crippen molar-refractivity contribution in [1.82, 2.24) is 10.2 Å². The lowest BCUT2D eigenvalue weighted by Crippen LogP contribution is -1.76. The number of aryl methyl sites for hydroxylation is 2. The summed E-state index contributed by atoms with van der Waals surface area (Å²) in [5.41, 5.74) is 3.33. The number of hydrogen-bond acceptors (Lipinski definition) is 2. The summed E-state index contributed by atoms with van der Waals surface area (Å²) in [4.78, 5) is 0. The summed E-state index contributed by atoms with van der Waals surface area (Å²) in [6, 6.07) is 0. The summed E-state index contributed by atoms with van der Waals surface area (Å²) in [5.74, 6) is 0.768. The van der Waals surface area contributed by atoms with Crippen LogP contribution in [0, 0.1) is 13.8 Å². The van der Waals surface area contributed by atoms with E-state index in [1.807, 2.05) is 26.0 Å². The van der Waals surface area contributed by atoms with Crippen LogP contribution in [0.2, 0.25) is 0 Å². The van der Waals surface area contributed by atoms with Gasteiger partial charge in [0.25, 0.3) is 0 Å². The van der Waals surface area contributed by atoms with Crippen LogP contribution in [0.1, 0.15) is 17.0 Å². The highest BCUT2D eigenvalue weighted by Crippen LogP contribution is 2.10. The first-order valence-corrected chi connectivity index (χ1v) is 4.18. The van der Waals surface area contributed by atoms with Gasteiger partial charge in [0.05, 0.1) is 5.69 Å². The zero-order chi connectivity index (χ0) is 8.27. The quantitative estimate of drug-likeness (QED) is 0.649. The van der Waals surface area contributed by atoms with Gasteiger partial charge in [-0.05, 0) is 13.8 Å². The van der Waals surface area contributed by atoms with E-state index in [0.29, 0.717) is 0 Å². The molecule has 1 aromatic heterocycles. The summed E-state index contributed by atoms with van der Waals surface area (Å²) < 4.78 is 0. The fraction of sp³-hybridized carbons (Fsp3) is 0.375. The van der Waals surface area contributed by atoms with Crippen molar-refractivity contribution in [1.29, 1.82) is 0 Å². The predicted molar refractivity (Wildman–Crippen MR) is 50.9 cm³/mol. The van der Waals surface area contributed by atoms with E-state index in [0.717, 1.165) is 17.1 Å². The van der Waals surface area contributed by atoms with E-state index < -0.39 is 0 Å². The number of nitrogens with zero attached hydrogens (tertiary/aromatic N) is 1. The Morgan fingerprint density at radius 2 is 2.27 bits per heavy atom. The maximum absolute atomic E-state index is 4.08. The Morgan fingerprint density at radius 3 is 2.73 bits per heavy atom. The lowest BCUT2D eigenvalue weighted by atomic mass is 10.2. The van der Waals surface area contributed by atoms with Crippen molar-refractivity contribution in [3.8, 4) is 0 Å². The van der Waals surface area contributed by atoms with Crippen LogP contribution in [0.5, 0.6) is 0 Å². The first-order valence-electron chi connectivity index (χ1n) is 3.54. The van der Waals surface area contributed by atoms with Crippen LogP contribution in [-0.4, -0.2) is 16.0 Å².